The smallest absolute Gasteiger partial charge is 0.257 e. The summed E-state index contributed by atoms with van der Waals surface area (Å²) in [6, 6.07) is 10.5. The molecule has 1 amide bonds. The van der Waals surface area contributed by atoms with Gasteiger partial charge < -0.3 is 5.32 Å². The van der Waals surface area contributed by atoms with Crippen molar-refractivity contribution in [3.05, 3.63) is 62.0 Å². The van der Waals surface area contributed by atoms with Gasteiger partial charge >= 0.3 is 0 Å². The molecular weight excluding hydrogens is 349 g/mol. The van der Waals surface area contributed by atoms with Gasteiger partial charge in [-0.15, -0.1) is 0 Å². The second-order valence-corrected chi connectivity index (χ2v) is 5.76. The number of aryl methyl sites for hydroxylation is 1. The predicted molar refractivity (Wildman–Crippen MR) is 83.3 cm³/mol. The molecule has 0 aromatic heterocycles. The van der Waals surface area contributed by atoms with E-state index >= 15 is 0 Å². The molecule has 0 saturated carbocycles. The summed E-state index contributed by atoms with van der Waals surface area (Å²) in [6.45, 7) is 1.96. The van der Waals surface area contributed by atoms with Crippen molar-refractivity contribution in [1.29, 1.82) is 0 Å². The number of amides is 1. The van der Waals surface area contributed by atoms with Gasteiger partial charge in [0.15, 0.2) is 0 Å². The number of halogens is 3. The molecule has 0 saturated heterocycles. The zero-order chi connectivity index (χ0) is 14.0. The van der Waals surface area contributed by atoms with E-state index in [1.165, 1.54) is 0 Å². The monoisotopic (exact) mass is 357 g/mol. The van der Waals surface area contributed by atoms with Crippen LogP contribution in [0.15, 0.2) is 40.9 Å². The van der Waals surface area contributed by atoms with Gasteiger partial charge in [-0.25, -0.2) is 0 Å². The molecule has 0 spiro atoms. The minimum absolute atomic E-state index is 0.270. The van der Waals surface area contributed by atoms with Crippen LogP contribution in [0.1, 0.15) is 15.9 Å². The van der Waals surface area contributed by atoms with Gasteiger partial charge in [-0.05, 0) is 58.7 Å². The Morgan fingerprint density at radius 1 is 1.16 bits per heavy atom. The lowest BCUT2D eigenvalue weighted by atomic mass is 10.2. The first-order chi connectivity index (χ1) is 8.97. The molecule has 5 heteroatoms. The highest BCUT2D eigenvalue weighted by Gasteiger charge is 2.12. The first-order valence-corrected chi connectivity index (χ1v) is 7.05. The molecule has 0 radical (unpaired) electrons. The van der Waals surface area contributed by atoms with Crippen molar-refractivity contribution >= 4 is 50.7 Å². The summed E-state index contributed by atoms with van der Waals surface area (Å²) in [5, 5.41) is 3.64. The standard InChI is InChI=1S/C14H10BrCl2NO/c1-8-2-5-11(15)13(6-8)18-14(19)10-4-3-9(16)7-12(10)17/h2-7H,1H3,(H,18,19). The zero-order valence-electron chi connectivity index (χ0n) is 10.0. The van der Waals surface area contributed by atoms with Crippen LogP contribution in [0.2, 0.25) is 10.0 Å². The van der Waals surface area contributed by atoms with E-state index < -0.39 is 0 Å². The Morgan fingerprint density at radius 2 is 1.89 bits per heavy atom. The fraction of sp³-hybridized carbons (Fsp3) is 0.0714. The van der Waals surface area contributed by atoms with E-state index in [4.69, 9.17) is 23.2 Å². The van der Waals surface area contributed by atoms with Crippen LogP contribution in [-0.2, 0) is 0 Å². The number of carbonyl (C=O) groups is 1. The second kappa shape index (κ2) is 5.95. The topological polar surface area (TPSA) is 29.1 Å². The van der Waals surface area contributed by atoms with Crippen LogP contribution < -0.4 is 5.32 Å². The molecule has 0 atom stereocenters. The Balaban J connectivity index is 2.28. The average molecular weight is 359 g/mol. The lowest BCUT2D eigenvalue weighted by Gasteiger charge is -2.09. The van der Waals surface area contributed by atoms with E-state index in [1.54, 1.807) is 18.2 Å². The molecule has 2 aromatic rings. The Morgan fingerprint density at radius 3 is 2.58 bits per heavy atom. The molecule has 0 unspecified atom stereocenters. The molecular formula is C14H10BrCl2NO. The summed E-state index contributed by atoms with van der Waals surface area (Å²) in [7, 11) is 0. The molecule has 2 nitrogen and oxygen atoms in total. The fourth-order valence-corrected chi connectivity index (χ4v) is 2.44. The van der Waals surface area contributed by atoms with Gasteiger partial charge in [0.25, 0.3) is 5.91 Å². The van der Waals surface area contributed by atoms with Gasteiger partial charge in [-0.1, -0.05) is 29.3 Å². The summed E-state index contributed by atoms with van der Waals surface area (Å²) < 4.78 is 0.816. The van der Waals surface area contributed by atoms with E-state index in [9.17, 15) is 4.79 Å². The molecule has 0 fully saturated rings. The van der Waals surface area contributed by atoms with Crippen molar-refractivity contribution in [2.45, 2.75) is 6.92 Å². The molecule has 0 bridgehead atoms. The van der Waals surface area contributed by atoms with E-state index in [0.29, 0.717) is 21.3 Å². The molecule has 98 valence electrons. The Kier molecular flexibility index (Phi) is 4.50. The fourth-order valence-electron chi connectivity index (χ4n) is 1.60. The predicted octanol–water partition coefficient (Wildman–Crippen LogP) is 5.32. The summed E-state index contributed by atoms with van der Waals surface area (Å²) in [4.78, 5) is 12.2. The third-order valence-corrected chi connectivity index (χ3v) is 3.79. The second-order valence-electron chi connectivity index (χ2n) is 4.06. The quantitative estimate of drug-likeness (QED) is 0.773. The van der Waals surface area contributed by atoms with Crippen molar-refractivity contribution in [1.82, 2.24) is 0 Å². The minimum Gasteiger partial charge on any atom is -0.321 e. The van der Waals surface area contributed by atoms with Crippen molar-refractivity contribution < 1.29 is 4.79 Å². The number of hydrogen-bond donors (Lipinski definition) is 1. The first-order valence-electron chi connectivity index (χ1n) is 5.50. The molecule has 0 heterocycles. The maximum atomic E-state index is 12.2. The molecule has 0 aliphatic carbocycles. The Labute approximate surface area is 129 Å². The SMILES string of the molecule is Cc1ccc(Br)c(NC(=O)c2ccc(Cl)cc2Cl)c1. The summed E-state index contributed by atoms with van der Waals surface area (Å²) in [6.07, 6.45) is 0. The molecule has 2 aromatic carbocycles. The highest BCUT2D eigenvalue weighted by atomic mass is 79.9. The Bertz CT molecular complexity index is 643. The van der Waals surface area contributed by atoms with Crippen LogP contribution in [0.4, 0.5) is 5.69 Å². The highest BCUT2D eigenvalue weighted by molar-refractivity contribution is 9.10. The van der Waals surface area contributed by atoms with Crippen LogP contribution in [0.5, 0.6) is 0 Å². The minimum atomic E-state index is -0.270. The van der Waals surface area contributed by atoms with E-state index in [1.807, 2.05) is 25.1 Å². The van der Waals surface area contributed by atoms with Crippen LogP contribution in [0.3, 0.4) is 0 Å². The number of carbonyl (C=O) groups excluding carboxylic acids is 1. The van der Waals surface area contributed by atoms with Crippen LogP contribution in [-0.4, -0.2) is 5.91 Å². The van der Waals surface area contributed by atoms with E-state index in [2.05, 4.69) is 21.2 Å². The number of hydrogen-bond acceptors (Lipinski definition) is 1. The van der Waals surface area contributed by atoms with Crippen LogP contribution in [0.25, 0.3) is 0 Å². The van der Waals surface area contributed by atoms with Gasteiger partial charge in [-0.2, -0.15) is 0 Å². The van der Waals surface area contributed by atoms with Crippen molar-refractivity contribution in [3.63, 3.8) is 0 Å². The van der Waals surface area contributed by atoms with E-state index in [-0.39, 0.29) is 5.91 Å². The van der Waals surface area contributed by atoms with Crippen molar-refractivity contribution in [2.24, 2.45) is 0 Å². The number of anilines is 1. The summed E-state index contributed by atoms with van der Waals surface area (Å²) >= 11 is 15.2. The van der Waals surface area contributed by atoms with Gasteiger partial charge in [0.2, 0.25) is 0 Å². The molecule has 2 rings (SSSR count). The number of benzene rings is 2. The van der Waals surface area contributed by atoms with Gasteiger partial charge in [0, 0.05) is 9.50 Å². The molecule has 1 N–H and O–H groups in total. The largest absolute Gasteiger partial charge is 0.321 e. The third kappa shape index (κ3) is 3.50. The highest BCUT2D eigenvalue weighted by Crippen LogP contribution is 2.26. The number of nitrogens with one attached hydrogen (secondary N) is 1. The van der Waals surface area contributed by atoms with Crippen LogP contribution in [0, 0.1) is 6.92 Å². The van der Waals surface area contributed by atoms with Gasteiger partial charge in [0.05, 0.1) is 16.3 Å². The summed E-state index contributed by atoms with van der Waals surface area (Å²) in [5.41, 5.74) is 2.15. The molecule has 0 aliphatic rings. The number of rotatable bonds is 2. The van der Waals surface area contributed by atoms with Gasteiger partial charge in [0.1, 0.15) is 0 Å². The summed E-state index contributed by atoms with van der Waals surface area (Å²) in [5.74, 6) is -0.270. The third-order valence-electron chi connectivity index (χ3n) is 2.55. The lowest BCUT2D eigenvalue weighted by molar-refractivity contribution is 0.102. The zero-order valence-corrected chi connectivity index (χ0v) is 13.1. The van der Waals surface area contributed by atoms with Gasteiger partial charge in [-0.3, -0.25) is 4.79 Å². The lowest BCUT2D eigenvalue weighted by Crippen LogP contribution is -2.12. The average Bonchev–Trinajstić information content (AvgIpc) is 2.33. The van der Waals surface area contributed by atoms with Crippen molar-refractivity contribution in [3.8, 4) is 0 Å². The first kappa shape index (κ1) is 14.4. The maximum Gasteiger partial charge on any atom is 0.257 e. The molecule has 0 aliphatic heterocycles. The van der Waals surface area contributed by atoms with Crippen molar-refractivity contribution in [2.75, 3.05) is 5.32 Å². The van der Waals surface area contributed by atoms with Crippen LogP contribution >= 0.6 is 39.1 Å². The molecule has 19 heavy (non-hydrogen) atoms. The Hall–Kier alpha value is -1.03. The van der Waals surface area contributed by atoms with E-state index in [0.717, 1.165) is 10.0 Å². The normalized spacial score (nSPS) is 10.3. The maximum absolute atomic E-state index is 12.2.